The molecule has 1 aliphatic heterocycles. The molecule has 2 atom stereocenters. The summed E-state index contributed by atoms with van der Waals surface area (Å²) in [6.07, 6.45) is 1.75. The molecule has 1 fully saturated rings. The van der Waals surface area contributed by atoms with Gasteiger partial charge >= 0.3 is 0 Å². The number of nitrogens with one attached hydrogen (secondary N) is 1. The number of aromatic nitrogens is 2. The number of likely N-dealkylation sites (tertiary alicyclic amines) is 1. The summed E-state index contributed by atoms with van der Waals surface area (Å²) < 4.78 is 1.65. The topological polar surface area (TPSA) is 93.2 Å². The van der Waals surface area contributed by atoms with Crippen molar-refractivity contribution in [2.75, 3.05) is 13.1 Å². The van der Waals surface area contributed by atoms with Crippen LogP contribution >= 0.6 is 0 Å². The largest absolute Gasteiger partial charge is 0.348 e. The number of amides is 2. The van der Waals surface area contributed by atoms with Crippen LogP contribution in [-0.2, 0) is 17.3 Å². The molecular weight excluding hydrogens is 330 g/mol. The van der Waals surface area contributed by atoms with E-state index in [9.17, 15) is 9.59 Å². The van der Waals surface area contributed by atoms with E-state index in [0.717, 1.165) is 18.5 Å². The SMILES string of the molecule is CC(NC(=O)c1cc(C(C)(C)C)nn1C)C1CCN(C(=O)[C@H](C)N)CC1. The van der Waals surface area contributed by atoms with Crippen molar-refractivity contribution in [1.29, 1.82) is 0 Å². The smallest absolute Gasteiger partial charge is 0.269 e. The number of rotatable bonds is 4. The minimum Gasteiger partial charge on any atom is -0.348 e. The number of piperidine rings is 1. The monoisotopic (exact) mass is 363 g/mol. The molecule has 26 heavy (non-hydrogen) atoms. The minimum absolute atomic E-state index is 0.00438. The molecule has 1 unspecified atom stereocenters. The molecule has 1 aromatic rings. The summed E-state index contributed by atoms with van der Waals surface area (Å²) in [5, 5.41) is 7.58. The summed E-state index contributed by atoms with van der Waals surface area (Å²) >= 11 is 0. The molecule has 0 aromatic carbocycles. The third kappa shape index (κ3) is 4.63. The molecule has 0 radical (unpaired) electrons. The van der Waals surface area contributed by atoms with Crippen molar-refractivity contribution in [2.24, 2.45) is 18.7 Å². The molecule has 2 amide bonds. The van der Waals surface area contributed by atoms with E-state index in [1.165, 1.54) is 0 Å². The Hall–Kier alpha value is -1.89. The van der Waals surface area contributed by atoms with E-state index in [1.807, 2.05) is 17.9 Å². The maximum Gasteiger partial charge on any atom is 0.269 e. The lowest BCUT2D eigenvalue weighted by atomic mass is 9.90. The second-order valence-electron chi connectivity index (χ2n) is 8.50. The van der Waals surface area contributed by atoms with Crippen molar-refractivity contribution in [3.8, 4) is 0 Å². The average molecular weight is 364 g/mol. The zero-order valence-corrected chi connectivity index (χ0v) is 16.9. The number of hydrogen-bond donors (Lipinski definition) is 2. The van der Waals surface area contributed by atoms with Gasteiger partial charge in [-0.1, -0.05) is 20.8 Å². The zero-order chi connectivity index (χ0) is 19.6. The molecule has 146 valence electrons. The zero-order valence-electron chi connectivity index (χ0n) is 16.9. The van der Waals surface area contributed by atoms with Crippen LogP contribution in [0.25, 0.3) is 0 Å². The molecule has 7 heteroatoms. The van der Waals surface area contributed by atoms with Gasteiger partial charge in [0.2, 0.25) is 5.91 Å². The Morgan fingerprint density at radius 2 is 1.85 bits per heavy atom. The van der Waals surface area contributed by atoms with E-state index in [2.05, 4.69) is 31.2 Å². The van der Waals surface area contributed by atoms with Crippen molar-refractivity contribution >= 4 is 11.8 Å². The first-order valence-corrected chi connectivity index (χ1v) is 9.40. The van der Waals surface area contributed by atoms with Crippen LogP contribution in [0.15, 0.2) is 6.07 Å². The third-order valence-corrected chi connectivity index (χ3v) is 5.19. The van der Waals surface area contributed by atoms with Gasteiger partial charge < -0.3 is 16.0 Å². The van der Waals surface area contributed by atoms with Crippen LogP contribution in [0, 0.1) is 5.92 Å². The van der Waals surface area contributed by atoms with Gasteiger partial charge in [0.1, 0.15) is 5.69 Å². The van der Waals surface area contributed by atoms with Crippen LogP contribution in [0.1, 0.15) is 63.6 Å². The van der Waals surface area contributed by atoms with Crippen LogP contribution in [-0.4, -0.2) is 51.7 Å². The van der Waals surface area contributed by atoms with E-state index in [4.69, 9.17) is 5.73 Å². The Kier molecular flexibility index (Phi) is 6.11. The van der Waals surface area contributed by atoms with Crippen LogP contribution < -0.4 is 11.1 Å². The maximum atomic E-state index is 12.7. The summed E-state index contributed by atoms with van der Waals surface area (Å²) in [5.41, 5.74) is 7.06. The summed E-state index contributed by atoms with van der Waals surface area (Å²) in [6, 6.07) is 1.46. The standard InChI is InChI=1S/C19H33N5O2/c1-12(20)18(26)24-9-7-14(8-10-24)13(2)21-17(25)15-11-16(19(3,4)5)22-23(15)6/h11-14H,7-10,20H2,1-6H3,(H,21,25)/t12-,13?/m0/s1. The van der Waals surface area contributed by atoms with Gasteiger partial charge in [0.25, 0.3) is 5.91 Å². The Morgan fingerprint density at radius 1 is 1.27 bits per heavy atom. The highest BCUT2D eigenvalue weighted by Crippen LogP contribution is 2.23. The van der Waals surface area contributed by atoms with Crippen LogP contribution in [0.4, 0.5) is 0 Å². The fraction of sp³-hybridized carbons (Fsp3) is 0.737. The first-order valence-electron chi connectivity index (χ1n) is 9.40. The van der Waals surface area contributed by atoms with Gasteiger partial charge in [-0.15, -0.1) is 0 Å². The second kappa shape index (κ2) is 7.78. The number of aryl methyl sites for hydroxylation is 1. The van der Waals surface area contributed by atoms with Gasteiger partial charge in [0.05, 0.1) is 11.7 Å². The summed E-state index contributed by atoms with van der Waals surface area (Å²) in [6.45, 7) is 11.4. The predicted octanol–water partition coefficient (Wildman–Crippen LogP) is 1.42. The van der Waals surface area contributed by atoms with E-state index >= 15 is 0 Å². The first kappa shape index (κ1) is 20.4. The highest BCUT2D eigenvalue weighted by molar-refractivity contribution is 5.92. The lowest BCUT2D eigenvalue weighted by Crippen LogP contribution is -2.49. The highest BCUT2D eigenvalue weighted by Gasteiger charge is 2.29. The molecule has 0 spiro atoms. The summed E-state index contributed by atoms with van der Waals surface area (Å²) in [5.74, 6) is 0.258. The van der Waals surface area contributed by atoms with Gasteiger partial charge in [-0.05, 0) is 38.7 Å². The maximum absolute atomic E-state index is 12.7. The van der Waals surface area contributed by atoms with Crippen molar-refractivity contribution in [3.05, 3.63) is 17.5 Å². The lowest BCUT2D eigenvalue weighted by molar-refractivity contribution is -0.133. The van der Waals surface area contributed by atoms with Gasteiger partial charge in [0.15, 0.2) is 0 Å². The fourth-order valence-corrected chi connectivity index (χ4v) is 3.35. The Labute approximate surface area is 156 Å². The Bertz CT molecular complexity index is 651. The van der Waals surface area contributed by atoms with Crippen molar-refractivity contribution in [3.63, 3.8) is 0 Å². The molecule has 2 heterocycles. The number of hydrogen-bond acceptors (Lipinski definition) is 4. The molecule has 0 bridgehead atoms. The number of nitrogens with two attached hydrogens (primary N) is 1. The van der Waals surface area contributed by atoms with Gasteiger partial charge in [0, 0.05) is 31.6 Å². The Morgan fingerprint density at radius 3 is 2.31 bits per heavy atom. The summed E-state index contributed by atoms with van der Waals surface area (Å²) in [7, 11) is 1.80. The van der Waals surface area contributed by atoms with Crippen LogP contribution in [0.3, 0.4) is 0 Å². The van der Waals surface area contributed by atoms with Crippen molar-refractivity contribution < 1.29 is 9.59 Å². The molecule has 1 aliphatic rings. The molecule has 3 N–H and O–H groups in total. The normalized spacial score (nSPS) is 18.5. The molecular formula is C19H33N5O2. The highest BCUT2D eigenvalue weighted by atomic mass is 16.2. The van der Waals surface area contributed by atoms with Gasteiger partial charge in [-0.2, -0.15) is 5.10 Å². The molecule has 1 saturated heterocycles. The van der Waals surface area contributed by atoms with Crippen LogP contribution in [0.2, 0.25) is 0 Å². The minimum atomic E-state index is -0.453. The molecule has 0 saturated carbocycles. The van der Waals surface area contributed by atoms with Gasteiger partial charge in [-0.3, -0.25) is 14.3 Å². The van der Waals surface area contributed by atoms with Crippen LogP contribution in [0.5, 0.6) is 0 Å². The molecule has 1 aromatic heterocycles. The van der Waals surface area contributed by atoms with E-state index in [0.29, 0.717) is 24.7 Å². The average Bonchev–Trinajstić information content (AvgIpc) is 2.96. The molecule has 2 rings (SSSR count). The Balaban J connectivity index is 1.94. The molecule has 0 aliphatic carbocycles. The first-order chi connectivity index (χ1) is 12.0. The lowest BCUT2D eigenvalue weighted by Gasteiger charge is -2.35. The van der Waals surface area contributed by atoms with Gasteiger partial charge in [-0.25, -0.2) is 0 Å². The molecule has 7 nitrogen and oxygen atoms in total. The van der Waals surface area contributed by atoms with E-state index < -0.39 is 6.04 Å². The van der Waals surface area contributed by atoms with E-state index in [-0.39, 0.29) is 23.3 Å². The van der Waals surface area contributed by atoms with Crippen molar-refractivity contribution in [2.45, 2.75) is 65.0 Å². The second-order valence-corrected chi connectivity index (χ2v) is 8.50. The number of carbonyl (C=O) groups excluding carboxylic acids is 2. The summed E-state index contributed by atoms with van der Waals surface area (Å²) in [4.78, 5) is 26.5. The fourth-order valence-electron chi connectivity index (χ4n) is 3.35. The van der Waals surface area contributed by atoms with Crippen molar-refractivity contribution in [1.82, 2.24) is 20.0 Å². The number of nitrogens with zero attached hydrogens (tertiary/aromatic N) is 3. The van der Waals surface area contributed by atoms with E-state index in [1.54, 1.807) is 18.7 Å². The predicted molar refractivity (Wildman–Crippen MR) is 102 cm³/mol. The quantitative estimate of drug-likeness (QED) is 0.846. The third-order valence-electron chi connectivity index (χ3n) is 5.19. The number of carbonyl (C=O) groups is 2.